The van der Waals surface area contributed by atoms with Gasteiger partial charge in [-0.15, -0.1) is 0 Å². The number of aromatic nitrogens is 2. The quantitative estimate of drug-likeness (QED) is 0.672. The van der Waals surface area contributed by atoms with Crippen LogP contribution in [0, 0.1) is 0 Å². The van der Waals surface area contributed by atoms with Crippen LogP contribution in [0.3, 0.4) is 0 Å². The molecule has 3 rings (SSSR count). The zero-order chi connectivity index (χ0) is 19.4. The molecule has 27 heavy (non-hydrogen) atoms. The monoisotopic (exact) mass is 373 g/mol. The minimum atomic E-state index is -4.37. The van der Waals surface area contributed by atoms with Crippen LogP contribution in [-0.4, -0.2) is 27.6 Å². The summed E-state index contributed by atoms with van der Waals surface area (Å²) in [6.07, 6.45) is -1.21. The average molecular weight is 373 g/mol. The van der Waals surface area contributed by atoms with Gasteiger partial charge in [-0.1, -0.05) is 42.5 Å². The number of hydrogen-bond donors (Lipinski definition) is 0. The molecule has 2 aromatic carbocycles. The summed E-state index contributed by atoms with van der Waals surface area (Å²) in [5, 5.41) is 4.20. The highest BCUT2D eigenvalue weighted by molar-refractivity contribution is 5.93. The maximum Gasteiger partial charge on any atom is 0.416 e. The molecule has 0 unspecified atom stereocenters. The van der Waals surface area contributed by atoms with Gasteiger partial charge in [-0.2, -0.15) is 18.3 Å². The fourth-order valence-corrected chi connectivity index (χ4v) is 2.70. The minimum absolute atomic E-state index is 0.209. The van der Waals surface area contributed by atoms with Crippen molar-refractivity contribution in [1.29, 1.82) is 0 Å². The van der Waals surface area contributed by atoms with E-state index >= 15 is 0 Å². The summed E-state index contributed by atoms with van der Waals surface area (Å²) in [5.74, 6) is -0.241. The third kappa shape index (κ3) is 4.75. The lowest BCUT2D eigenvalue weighted by Gasteiger charge is -2.17. The van der Waals surface area contributed by atoms with Gasteiger partial charge in [0.15, 0.2) is 0 Å². The van der Waals surface area contributed by atoms with Gasteiger partial charge in [0.1, 0.15) is 0 Å². The SMILES string of the molecule is CN(Cc1ccc(C(F)(F)F)cc1)C(=O)c1cnn(Cc2ccccc2)c1. The first-order valence-electron chi connectivity index (χ1n) is 8.31. The van der Waals surface area contributed by atoms with Gasteiger partial charge in [0.2, 0.25) is 0 Å². The Morgan fingerprint density at radius 3 is 2.33 bits per heavy atom. The lowest BCUT2D eigenvalue weighted by Crippen LogP contribution is -2.26. The van der Waals surface area contributed by atoms with E-state index in [1.165, 1.54) is 23.2 Å². The van der Waals surface area contributed by atoms with Crippen molar-refractivity contribution in [3.63, 3.8) is 0 Å². The van der Waals surface area contributed by atoms with E-state index in [0.717, 1.165) is 17.7 Å². The zero-order valence-corrected chi connectivity index (χ0v) is 14.6. The maximum atomic E-state index is 12.6. The highest BCUT2D eigenvalue weighted by Crippen LogP contribution is 2.29. The fourth-order valence-electron chi connectivity index (χ4n) is 2.70. The Morgan fingerprint density at radius 1 is 1.04 bits per heavy atom. The number of nitrogens with zero attached hydrogens (tertiary/aromatic N) is 3. The Hall–Kier alpha value is -3.09. The van der Waals surface area contributed by atoms with Crippen LogP contribution in [0.25, 0.3) is 0 Å². The molecular weight excluding hydrogens is 355 g/mol. The number of rotatable bonds is 5. The van der Waals surface area contributed by atoms with Crippen LogP contribution in [0.1, 0.15) is 27.0 Å². The van der Waals surface area contributed by atoms with Crippen molar-refractivity contribution in [3.8, 4) is 0 Å². The Bertz CT molecular complexity index is 902. The minimum Gasteiger partial charge on any atom is -0.337 e. The summed E-state index contributed by atoms with van der Waals surface area (Å²) in [6.45, 7) is 0.761. The van der Waals surface area contributed by atoms with E-state index in [0.29, 0.717) is 17.7 Å². The molecule has 0 aliphatic rings. The van der Waals surface area contributed by atoms with E-state index in [4.69, 9.17) is 0 Å². The first-order chi connectivity index (χ1) is 12.8. The van der Waals surface area contributed by atoms with Crippen LogP contribution in [0.4, 0.5) is 13.2 Å². The van der Waals surface area contributed by atoms with Gasteiger partial charge in [-0.05, 0) is 23.3 Å². The second-order valence-corrected chi connectivity index (χ2v) is 6.27. The number of carbonyl (C=O) groups excluding carboxylic acids is 1. The first kappa shape index (κ1) is 18.7. The zero-order valence-electron chi connectivity index (χ0n) is 14.6. The Labute approximate surface area is 154 Å². The molecule has 7 heteroatoms. The average Bonchev–Trinajstić information content (AvgIpc) is 3.10. The molecule has 4 nitrogen and oxygen atoms in total. The van der Waals surface area contributed by atoms with Crippen molar-refractivity contribution in [2.24, 2.45) is 0 Å². The number of halogens is 3. The van der Waals surface area contributed by atoms with Gasteiger partial charge in [-0.25, -0.2) is 0 Å². The molecule has 0 aliphatic heterocycles. The van der Waals surface area contributed by atoms with Crippen LogP contribution in [-0.2, 0) is 19.3 Å². The molecule has 1 aromatic heterocycles. The number of benzene rings is 2. The van der Waals surface area contributed by atoms with Crippen LogP contribution in [0.15, 0.2) is 67.0 Å². The normalized spacial score (nSPS) is 11.4. The smallest absolute Gasteiger partial charge is 0.337 e. The van der Waals surface area contributed by atoms with Gasteiger partial charge in [0.25, 0.3) is 5.91 Å². The van der Waals surface area contributed by atoms with E-state index in [1.54, 1.807) is 17.9 Å². The molecule has 0 bridgehead atoms. The number of carbonyl (C=O) groups is 1. The second kappa shape index (κ2) is 7.65. The molecule has 0 N–H and O–H groups in total. The summed E-state index contributed by atoms with van der Waals surface area (Å²) in [7, 11) is 1.61. The molecular formula is C20H18F3N3O. The largest absolute Gasteiger partial charge is 0.416 e. The third-order valence-electron chi connectivity index (χ3n) is 4.12. The van der Waals surface area contributed by atoms with E-state index in [1.807, 2.05) is 30.3 Å². The summed E-state index contributed by atoms with van der Waals surface area (Å²) in [6, 6.07) is 14.5. The highest BCUT2D eigenvalue weighted by Gasteiger charge is 2.30. The standard InChI is InChI=1S/C20H18F3N3O/c1-25(12-16-7-9-18(10-8-16)20(21,22)23)19(27)17-11-24-26(14-17)13-15-5-3-2-4-6-15/h2-11,14H,12-13H2,1H3. The summed E-state index contributed by atoms with van der Waals surface area (Å²) < 4.78 is 39.5. The molecule has 0 fully saturated rings. The van der Waals surface area contributed by atoms with Crippen molar-refractivity contribution in [3.05, 3.63) is 89.2 Å². The maximum absolute atomic E-state index is 12.6. The predicted molar refractivity (Wildman–Crippen MR) is 95.0 cm³/mol. The van der Waals surface area contributed by atoms with Gasteiger partial charge < -0.3 is 4.90 Å². The summed E-state index contributed by atoms with van der Waals surface area (Å²) >= 11 is 0. The summed E-state index contributed by atoms with van der Waals surface area (Å²) in [5.41, 5.74) is 1.41. The molecule has 140 valence electrons. The van der Waals surface area contributed by atoms with Gasteiger partial charge in [-0.3, -0.25) is 9.48 Å². The van der Waals surface area contributed by atoms with E-state index in [9.17, 15) is 18.0 Å². The van der Waals surface area contributed by atoms with Gasteiger partial charge in [0, 0.05) is 19.8 Å². The topological polar surface area (TPSA) is 38.1 Å². The Kier molecular flexibility index (Phi) is 5.30. The molecule has 3 aromatic rings. The fraction of sp³-hybridized carbons (Fsp3) is 0.200. The molecule has 0 aliphatic carbocycles. The highest BCUT2D eigenvalue weighted by atomic mass is 19.4. The second-order valence-electron chi connectivity index (χ2n) is 6.27. The van der Waals surface area contributed by atoms with Crippen LogP contribution >= 0.6 is 0 Å². The Morgan fingerprint density at radius 2 is 1.70 bits per heavy atom. The van der Waals surface area contributed by atoms with Crippen LogP contribution < -0.4 is 0 Å². The number of amides is 1. The molecule has 1 heterocycles. The third-order valence-corrected chi connectivity index (χ3v) is 4.12. The lowest BCUT2D eigenvalue weighted by molar-refractivity contribution is -0.137. The van der Waals surface area contributed by atoms with Crippen LogP contribution in [0.2, 0.25) is 0 Å². The number of alkyl halides is 3. The van der Waals surface area contributed by atoms with E-state index in [-0.39, 0.29) is 12.5 Å². The Balaban J connectivity index is 1.63. The molecule has 0 saturated carbocycles. The molecule has 0 saturated heterocycles. The first-order valence-corrected chi connectivity index (χ1v) is 8.31. The predicted octanol–water partition coefficient (Wildman–Crippen LogP) is 4.22. The van der Waals surface area contributed by atoms with Gasteiger partial charge in [0.05, 0.1) is 23.9 Å². The van der Waals surface area contributed by atoms with E-state index < -0.39 is 11.7 Å². The molecule has 0 radical (unpaired) electrons. The molecule has 1 amide bonds. The number of hydrogen-bond acceptors (Lipinski definition) is 2. The van der Waals surface area contributed by atoms with E-state index in [2.05, 4.69) is 5.10 Å². The molecule has 0 spiro atoms. The van der Waals surface area contributed by atoms with Crippen molar-refractivity contribution >= 4 is 5.91 Å². The van der Waals surface area contributed by atoms with Crippen molar-refractivity contribution in [1.82, 2.24) is 14.7 Å². The lowest BCUT2D eigenvalue weighted by atomic mass is 10.1. The van der Waals surface area contributed by atoms with Crippen molar-refractivity contribution in [2.45, 2.75) is 19.3 Å². The van der Waals surface area contributed by atoms with Gasteiger partial charge >= 0.3 is 6.18 Å². The van der Waals surface area contributed by atoms with Crippen molar-refractivity contribution in [2.75, 3.05) is 7.05 Å². The summed E-state index contributed by atoms with van der Waals surface area (Å²) in [4.78, 5) is 14.0. The molecule has 0 atom stereocenters. The van der Waals surface area contributed by atoms with Crippen molar-refractivity contribution < 1.29 is 18.0 Å². The van der Waals surface area contributed by atoms with Crippen LogP contribution in [0.5, 0.6) is 0 Å².